The molecule has 0 aliphatic carbocycles. The van der Waals surface area contributed by atoms with Crippen molar-refractivity contribution in [3.8, 4) is 11.5 Å². The number of aliphatic hydroxyl groups is 1. The zero-order chi connectivity index (χ0) is 32.4. The van der Waals surface area contributed by atoms with Crippen molar-refractivity contribution >= 4 is 41.1 Å². The maximum atomic E-state index is 14.4. The molecule has 0 unspecified atom stereocenters. The quantitative estimate of drug-likeness (QED) is 0.137. The molecule has 46 heavy (non-hydrogen) atoms. The lowest BCUT2D eigenvalue weighted by Gasteiger charge is -2.30. The number of halogens is 2. The number of nitrogens with zero attached hydrogens (tertiary/aromatic N) is 1. The van der Waals surface area contributed by atoms with Crippen molar-refractivity contribution in [3.05, 3.63) is 135 Å². The average Bonchev–Trinajstić information content (AvgIpc) is 3.46. The number of ether oxygens (including phenoxy) is 3. The lowest BCUT2D eigenvalue weighted by molar-refractivity contribution is -0.128. The van der Waals surface area contributed by atoms with Gasteiger partial charge in [-0.1, -0.05) is 90.0 Å². The fourth-order valence-electron chi connectivity index (χ4n) is 5.32. The Morgan fingerprint density at radius 1 is 1.02 bits per heavy atom. The molecule has 0 saturated carbocycles. The summed E-state index contributed by atoms with van der Waals surface area (Å²) in [5, 5.41) is 13.0. The molecule has 1 aliphatic heterocycles. The van der Waals surface area contributed by atoms with Crippen molar-refractivity contribution in [3.63, 3.8) is 0 Å². The summed E-state index contributed by atoms with van der Waals surface area (Å²) in [4.78, 5) is 19.5. The number of nitrogens with one attached hydrogen (secondary N) is 1. The summed E-state index contributed by atoms with van der Waals surface area (Å²) in [6.45, 7) is 0.810. The number of methoxy groups -OCH3 is 1. The molecular weight excluding hydrogens is 623 g/mol. The van der Waals surface area contributed by atoms with Gasteiger partial charge in [0, 0.05) is 47.2 Å². The van der Waals surface area contributed by atoms with E-state index in [-0.39, 0.29) is 18.9 Å². The van der Waals surface area contributed by atoms with Crippen LogP contribution < -0.4 is 14.8 Å². The van der Waals surface area contributed by atoms with E-state index in [4.69, 9.17) is 47.5 Å². The Morgan fingerprint density at radius 3 is 2.52 bits per heavy atom. The first-order valence-corrected chi connectivity index (χ1v) is 15.9. The van der Waals surface area contributed by atoms with Gasteiger partial charge in [-0.3, -0.25) is 4.79 Å². The molecule has 0 aromatic heterocycles. The highest BCUT2D eigenvalue weighted by molar-refractivity contribution is 6.35. The maximum Gasteiger partial charge on any atom is 0.252 e. The molecular formula is C37H36Cl2N2O5. The number of benzene rings is 4. The predicted molar refractivity (Wildman–Crippen MR) is 183 cm³/mol. The topological polar surface area (TPSA) is 89.4 Å². The number of carbonyl (C=O) groups is 1. The highest BCUT2D eigenvalue weighted by atomic mass is 35.5. The van der Waals surface area contributed by atoms with E-state index in [1.165, 1.54) is 0 Å². The second-order valence-electron chi connectivity index (χ2n) is 10.8. The second-order valence-corrected chi connectivity index (χ2v) is 11.6. The fourth-order valence-corrected chi connectivity index (χ4v) is 5.83. The monoisotopic (exact) mass is 658 g/mol. The normalized spacial score (nSPS) is 17.4. The highest BCUT2D eigenvalue weighted by Crippen LogP contribution is 2.45. The van der Waals surface area contributed by atoms with Crippen molar-refractivity contribution in [1.82, 2.24) is 5.32 Å². The van der Waals surface area contributed by atoms with E-state index in [9.17, 15) is 4.79 Å². The number of rotatable bonds is 14. The third-order valence-corrected chi connectivity index (χ3v) is 8.25. The van der Waals surface area contributed by atoms with Gasteiger partial charge in [-0.25, -0.2) is 4.99 Å². The van der Waals surface area contributed by atoms with Gasteiger partial charge in [0.05, 0.1) is 13.7 Å². The van der Waals surface area contributed by atoms with Gasteiger partial charge in [-0.05, 0) is 60.0 Å². The Morgan fingerprint density at radius 2 is 1.78 bits per heavy atom. The van der Waals surface area contributed by atoms with E-state index in [0.29, 0.717) is 58.8 Å². The summed E-state index contributed by atoms with van der Waals surface area (Å²) in [7, 11) is 1.63. The number of aliphatic hydroxyl groups excluding tert-OH is 1. The van der Waals surface area contributed by atoms with E-state index in [2.05, 4.69) is 5.32 Å². The van der Waals surface area contributed by atoms with Crippen LogP contribution in [0.4, 0.5) is 0 Å². The zero-order valence-corrected chi connectivity index (χ0v) is 27.0. The van der Waals surface area contributed by atoms with E-state index < -0.39 is 11.6 Å². The Bertz CT molecular complexity index is 1680. The van der Waals surface area contributed by atoms with Crippen molar-refractivity contribution in [1.29, 1.82) is 0 Å². The van der Waals surface area contributed by atoms with Gasteiger partial charge in [0.25, 0.3) is 5.91 Å². The van der Waals surface area contributed by atoms with Crippen LogP contribution in [0.25, 0.3) is 6.08 Å². The number of hydrogen-bond donors (Lipinski definition) is 2. The molecule has 0 saturated heterocycles. The fraction of sp³-hybridized carbons (Fsp3) is 0.243. The van der Waals surface area contributed by atoms with E-state index in [1.54, 1.807) is 25.3 Å². The smallest absolute Gasteiger partial charge is 0.252 e. The summed E-state index contributed by atoms with van der Waals surface area (Å²) in [5.74, 6) is 1.43. The summed E-state index contributed by atoms with van der Waals surface area (Å²) in [6, 6.07) is 30.0. The van der Waals surface area contributed by atoms with E-state index in [0.717, 1.165) is 16.9 Å². The Hall–Kier alpha value is -4.30. The van der Waals surface area contributed by atoms with Crippen molar-refractivity contribution < 1.29 is 24.1 Å². The molecule has 9 heteroatoms. The van der Waals surface area contributed by atoms with E-state index >= 15 is 0 Å². The SMILES string of the molecule is COc1ccccc1CCNC(=O)[C@]1(C/C=C/c2ccccc2)N=C(c2ccc(OCCCO)cc2)O[C@@H]1c1ccc(Cl)cc1Cl. The van der Waals surface area contributed by atoms with Crippen LogP contribution >= 0.6 is 23.2 Å². The minimum Gasteiger partial charge on any atom is -0.496 e. The molecule has 0 bridgehead atoms. The highest BCUT2D eigenvalue weighted by Gasteiger charge is 2.53. The van der Waals surface area contributed by atoms with Gasteiger partial charge in [-0.2, -0.15) is 0 Å². The molecule has 5 rings (SSSR count). The molecule has 1 heterocycles. The molecule has 4 aromatic rings. The lowest BCUT2D eigenvalue weighted by atomic mass is 9.84. The lowest BCUT2D eigenvalue weighted by Crippen LogP contribution is -2.48. The van der Waals surface area contributed by atoms with Crippen LogP contribution in [0.5, 0.6) is 11.5 Å². The molecule has 2 N–H and O–H groups in total. The summed E-state index contributed by atoms with van der Waals surface area (Å²) >= 11 is 13.0. The van der Waals surface area contributed by atoms with Crippen molar-refractivity contribution in [2.45, 2.75) is 30.9 Å². The first-order chi connectivity index (χ1) is 22.4. The summed E-state index contributed by atoms with van der Waals surface area (Å²) in [6.07, 6.45) is 4.40. The number of amides is 1. The molecule has 1 amide bonds. The number of para-hydroxylation sites is 1. The molecule has 238 valence electrons. The molecule has 0 radical (unpaired) electrons. The molecule has 4 aromatic carbocycles. The number of aliphatic imine (C=N–C) groups is 1. The zero-order valence-electron chi connectivity index (χ0n) is 25.5. The minimum atomic E-state index is -1.39. The first kappa shape index (κ1) is 33.1. The second kappa shape index (κ2) is 15.8. The van der Waals surface area contributed by atoms with Crippen LogP contribution in [0.15, 0.2) is 108 Å². The summed E-state index contributed by atoms with van der Waals surface area (Å²) < 4.78 is 17.8. The van der Waals surface area contributed by atoms with E-state index in [1.807, 2.05) is 91.0 Å². The maximum absolute atomic E-state index is 14.4. The van der Waals surface area contributed by atoms with Crippen LogP contribution in [0.2, 0.25) is 10.0 Å². The molecule has 7 nitrogen and oxygen atoms in total. The molecule has 2 atom stereocenters. The van der Waals surface area contributed by atoms with Crippen molar-refractivity contribution in [2.24, 2.45) is 4.99 Å². The molecule has 0 spiro atoms. The number of carbonyl (C=O) groups excluding carboxylic acids is 1. The largest absolute Gasteiger partial charge is 0.496 e. The van der Waals surface area contributed by atoms with Crippen LogP contribution in [0.1, 0.15) is 41.2 Å². The Kier molecular flexibility index (Phi) is 11.4. The molecule has 1 aliphatic rings. The first-order valence-electron chi connectivity index (χ1n) is 15.1. The number of hydrogen-bond acceptors (Lipinski definition) is 6. The van der Waals surface area contributed by atoms with Gasteiger partial charge in [0.1, 0.15) is 11.5 Å². The van der Waals surface area contributed by atoms with Gasteiger partial charge in [-0.15, -0.1) is 0 Å². The average molecular weight is 660 g/mol. The Balaban J connectivity index is 1.51. The van der Waals surface area contributed by atoms with Crippen LogP contribution in [-0.2, 0) is 16.0 Å². The minimum absolute atomic E-state index is 0.0547. The summed E-state index contributed by atoms with van der Waals surface area (Å²) in [5.41, 5.74) is 1.86. The predicted octanol–water partition coefficient (Wildman–Crippen LogP) is 7.48. The van der Waals surface area contributed by atoms with Crippen LogP contribution in [0.3, 0.4) is 0 Å². The van der Waals surface area contributed by atoms with Crippen LogP contribution in [0, 0.1) is 0 Å². The third-order valence-electron chi connectivity index (χ3n) is 7.69. The van der Waals surface area contributed by atoms with Gasteiger partial charge in [0.2, 0.25) is 5.90 Å². The van der Waals surface area contributed by atoms with Gasteiger partial charge >= 0.3 is 0 Å². The van der Waals surface area contributed by atoms with Gasteiger partial charge < -0.3 is 24.6 Å². The molecule has 0 fully saturated rings. The van der Waals surface area contributed by atoms with Gasteiger partial charge in [0.15, 0.2) is 11.6 Å². The Labute approximate surface area is 279 Å². The third kappa shape index (κ3) is 7.91. The van der Waals surface area contributed by atoms with Crippen molar-refractivity contribution in [2.75, 3.05) is 26.9 Å². The standard InChI is InChI=1S/C37H36Cl2N2O5/c1-44-33-13-6-5-12-27(33)20-22-40-36(43)37(21-7-11-26-9-3-2-4-10-26)34(31-19-16-29(38)25-32(31)39)46-35(41-37)28-14-17-30(18-15-28)45-24-8-23-42/h2-7,9-19,25,34,42H,8,20-24H2,1H3,(H,40,43)/b11-7+/t34-,37-/m1/s1. The van der Waals surface area contributed by atoms with Crippen LogP contribution in [-0.4, -0.2) is 49.3 Å².